The minimum Gasteiger partial charge on any atom is -0.355 e. The first-order valence-electron chi connectivity index (χ1n) is 9.55. The number of nitro benzene ring substituents is 1. The number of benzene rings is 1. The predicted octanol–water partition coefficient (Wildman–Crippen LogP) is 4.05. The summed E-state index contributed by atoms with van der Waals surface area (Å²) < 4.78 is 0. The lowest BCUT2D eigenvalue weighted by Crippen LogP contribution is -2.43. The van der Waals surface area contributed by atoms with E-state index in [4.69, 9.17) is 17.3 Å². The number of hydrogen-bond donors (Lipinski definition) is 2. The van der Waals surface area contributed by atoms with Crippen molar-refractivity contribution < 1.29 is 4.92 Å². The molecular weight excluding hydrogens is 380 g/mol. The molecule has 1 aliphatic heterocycles. The Labute approximate surface area is 169 Å². The fourth-order valence-corrected chi connectivity index (χ4v) is 3.45. The average molecular weight is 405 g/mol. The molecule has 1 aromatic heterocycles. The van der Waals surface area contributed by atoms with Crippen LogP contribution in [0.2, 0.25) is 5.02 Å². The van der Waals surface area contributed by atoms with Crippen LogP contribution in [0, 0.1) is 10.1 Å². The van der Waals surface area contributed by atoms with E-state index in [2.05, 4.69) is 27.1 Å². The number of anilines is 3. The average Bonchev–Trinajstić information content (AvgIpc) is 2.67. The number of hydrogen-bond acceptors (Lipinski definition) is 7. The van der Waals surface area contributed by atoms with E-state index in [1.54, 1.807) is 6.07 Å². The van der Waals surface area contributed by atoms with Crippen LogP contribution in [-0.4, -0.2) is 34.0 Å². The molecule has 0 aliphatic carbocycles. The second kappa shape index (κ2) is 9.16. The molecule has 3 N–H and O–H groups in total. The van der Waals surface area contributed by atoms with Gasteiger partial charge in [-0.1, -0.05) is 24.9 Å². The summed E-state index contributed by atoms with van der Waals surface area (Å²) in [6, 6.07) is 6.71. The Morgan fingerprint density at radius 1 is 1.39 bits per heavy atom. The Hall–Kier alpha value is -2.45. The van der Waals surface area contributed by atoms with E-state index in [1.165, 1.54) is 12.1 Å². The van der Waals surface area contributed by atoms with Crippen LogP contribution in [-0.2, 0) is 6.42 Å². The molecule has 1 fully saturated rings. The summed E-state index contributed by atoms with van der Waals surface area (Å²) in [6.07, 6.45) is 4.99. The van der Waals surface area contributed by atoms with Crippen molar-refractivity contribution in [2.24, 2.45) is 5.73 Å². The maximum Gasteiger partial charge on any atom is 0.289 e. The van der Waals surface area contributed by atoms with Crippen molar-refractivity contribution in [1.82, 2.24) is 9.97 Å². The van der Waals surface area contributed by atoms with Gasteiger partial charge in [0.1, 0.15) is 10.8 Å². The molecule has 1 unspecified atom stereocenters. The van der Waals surface area contributed by atoms with Crippen LogP contribution in [0.25, 0.3) is 0 Å². The van der Waals surface area contributed by atoms with Gasteiger partial charge in [-0.05, 0) is 37.8 Å². The second-order valence-corrected chi connectivity index (χ2v) is 7.45. The van der Waals surface area contributed by atoms with Crippen LogP contribution in [0.5, 0.6) is 0 Å². The number of nitrogens with two attached hydrogens (primary N) is 1. The van der Waals surface area contributed by atoms with Gasteiger partial charge in [-0.2, -0.15) is 4.98 Å². The number of unbranched alkanes of at least 4 members (excludes halogenated alkanes) is 1. The first-order valence-corrected chi connectivity index (χ1v) is 9.93. The van der Waals surface area contributed by atoms with E-state index in [0.29, 0.717) is 11.6 Å². The first kappa shape index (κ1) is 20.3. The highest BCUT2D eigenvalue weighted by atomic mass is 35.5. The van der Waals surface area contributed by atoms with Crippen molar-refractivity contribution >= 4 is 34.7 Å². The lowest BCUT2D eigenvalue weighted by molar-refractivity contribution is -0.384. The van der Waals surface area contributed by atoms with Gasteiger partial charge in [0.05, 0.1) is 4.92 Å². The molecule has 1 aromatic carbocycles. The van der Waals surface area contributed by atoms with Gasteiger partial charge in [0.15, 0.2) is 0 Å². The number of aromatic nitrogens is 2. The first-order chi connectivity index (χ1) is 13.5. The van der Waals surface area contributed by atoms with Gasteiger partial charge < -0.3 is 16.0 Å². The summed E-state index contributed by atoms with van der Waals surface area (Å²) in [5.41, 5.74) is 7.43. The van der Waals surface area contributed by atoms with Crippen molar-refractivity contribution in [3.05, 3.63) is 45.1 Å². The number of halogens is 1. The molecular formula is C19H25ClN6O2. The van der Waals surface area contributed by atoms with Crippen molar-refractivity contribution in [3.63, 3.8) is 0 Å². The third kappa shape index (κ3) is 5.08. The maximum absolute atomic E-state index is 11.1. The van der Waals surface area contributed by atoms with Crippen molar-refractivity contribution in [2.45, 2.75) is 45.1 Å². The lowest BCUT2D eigenvalue weighted by atomic mass is 10.1. The molecule has 2 heterocycles. The minimum atomic E-state index is -0.507. The van der Waals surface area contributed by atoms with E-state index in [-0.39, 0.29) is 16.8 Å². The molecule has 0 saturated carbocycles. The molecule has 0 bridgehead atoms. The minimum absolute atomic E-state index is 0.0937. The van der Waals surface area contributed by atoms with Gasteiger partial charge in [0.2, 0.25) is 5.95 Å². The molecule has 0 amide bonds. The molecule has 1 saturated heterocycles. The predicted molar refractivity (Wildman–Crippen MR) is 111 cm³/mol. The van der Waals surface area contributed by atoms with E-state index in [1.807, 2.05) is 6.07 Å². The number of nitro groups is 1. The summed E-state index contributed by atoms with van der Waals surface area (Å²) in [4.78, 5) is 22.0. The van der Waals surface area contributed by atoms with Crippen molar-refractivity contribution in [1.29, 1.82) is 0 Å². The highest BCUT2D eigenvalue weighted by Crippen LogP contribution is 2.29. The third-order valence-electron chi connectivity index (χ3n) is 4.73. The smallest absolute Gasteiger partial charge is 0.289 e. The molecule has 2 aromatic rings. The Morgan fingerprint density at radius 2 is 2.21 bits per heavy atom. The van der Waals surface area contributed by atoms with Gasteiger partial charge in [0, 0.05) is 42.6 Å². The van der Waals surface area contributed by atoms with E-state index < -0.39 is 4.92 Å². The quantitative estimate of drug-likeness (QED) is 0.528. The standard InChI is InChI=1S/C19H25ClN6O2/c1-2-3-6-14-11-18(25-9-4-5-13(21)12-25)24-19(22-14)23-15-7-8-16(20)17(10-15)26(27)28/h7-8,10-11,13H,2-6,9,12,21H2,1H3,(H,22,23,24). The number of rotatable bonds is 7. The SMILES string of the molecule is CCCCc1cc(N2CCCC(N)C2)nc(Nc2ccc(Cl)c([N+](=O)[O-])c2)n1. The van der Waals surface area contributed by atoms with E-state index in [0.717, 1.165) is 56.7 Å². The summed E-state index contributed by atoms with van der Waals surface area (Å²) in [5.74, 6) is 1.25. The maximum atomic E-state index is 11.1. The van der Waals surface area contributed by atoms with E-state index >= 15 is 0 Å². The molecule has 1 atom stereocenters. The molecule has 150 valence electrons. The fraction of sp³-hybridized carbons (Fsp3) is 0.474. The van der Waals surface area contributed by atoms with Gasteiger partial charge in [-0.3, -0.25) is 10.1 Å². The highest BCUT2D eigenvalue weighted by Gasteiger charge is 2.20. The topological polar surface area (TPSA) is 110 Å². The largest absolute Gasteiger partial charge is 0.355 e. The zero-order chi connectivity index (χ0) is 20.1. The number of piperidine rings is 1. The molecule has 8 nitrogen and oxygen atoms in total. The van der Waals surface area contributed by atoms with Crippen molar-refractivity contribution in [3.8, 4) is 0 Å². The van der Waals surface area contributed by atoms with Crippen LogP contribution in [0.15, 0.2) is 24.3 Å². The Bertz CT molecular complexity index is 847. The van der Waals surface area contributed by atoms with Crippen LogP contribution >= 0.6 is 11.6 Å². The zero-order valence-electron chi connectivity index (χ0n) is 15.9. The zero-order valence-corrected chi connectivity index (χ0v) is 16.7. The Kier molecular flexibility index (Phi) is 6.64. The molecule has 0 spiro atoms. The summed E-state index contributed by atoms with van der Waals surface area (Å²) in [6.45, 7) is 3.80. The number of nitrogens with zero attached hydrogens (tertiary/aromatic N) is 4. The third-order valence-corrected chi connectivity index (χ3v) is 5.05. The van der Waals surface area contributed by atoms with Crippen LogP contribution in [0.3, 0.4) is 0 Å². The normalized spacial score (nSPS) is 16.8. The van der Waals surface area contributed by atoms with Crippen molar-refractivity contribution in [2.75, 3.05) is 23.3 Å². The molecule has 28 heavy (non-hydrogen) atoms. The summed E-state index contributed by atoms with van der Waals surface area (Å²) >= 11 is 5.90. The number of nitrogens with one attached hydrogen (secondary N) is 1. The molecule has 0 radical (unpaired) electrons. The monoisotopic (exact) mass is 404 g/mol. The van der Waals surface area contributed by atoms with Crippen LogP contribution < -0.4 is 16.0 Å². The molecule has 1 aliphatic rings. The van der Waals surface area contributed by atoms with Gasteiger partial charge in [-0.15, -0.1) is 0 Å². The summed E-state index contributed by atoms with van der Waals surface area (Å²) in [7, 11) is 0. The summed E-state index contributed by atoms with van der Waals surface area (Å²) in [5, 5.41) is 14.3. The Balaban J connectivity index is 1.89. The van der Waals surface area contributed by atoms with Crippen LogP contribution in [0.4, 0.5) is 23.1 Å². The Morgan fingerprint density at radius 3 is 2.93 bits per heavy atom. The van der Waals surface area contributed by atoms with Crippen LogP contribution in [0.1, 0.15) is 38.3 Å². The molecule has 3 rings (SSSR count). The van der Waals surface area contributed by atoms with Gasteiger partial charge in [-0.25, -0.2) is 4.98 Å². The van der Waals surface area contributed by atoms with Gasteiger partial charge in [0.25, 0.3) is 5.69 Å². The second-order valence-electron chi connectivity index (χ2n) is 7.04. The van der Waals surface area contributed by atoms with E-state index in [9.17, 15) is 10.1 Å². The highest BCUT2D eigenvalue weighted by molar-refractivity contribution is 6.32. The fourth-order valence-electron chi connectivity index (χ4n) is 3.26. The molecule has 9 heteroatoms. The lowest BCUT2D eigenvalue weighted by Gasteiger charge is -2.32. The van der Waals surface area contributed by atoms with Gasteiger partial charge >= 0.3 is 0 Å². The number of aryl methyl sites for hydroxylation is 1.